The molecule has 0 atom stereocenters. The molecule has 0 aliphatic rings. The van der Waals surface area contributed by atoms with Crippen LogP contribution in [-0.4, -0.2) is 29.9 Å². The number of aromatic nitrogens is 1. The van der Waals surface area contributed by atoms with Crippen molar-refractivity contribution < 1.29 is 9.53 Å². The Morgan fingerprint density at radius 1 is 1.16 bits per heavy atom. The summed E-state index contributed by atoms with van der Waals surface area (Å²) in [5.74, 6) is 0.536. The van der Waals surface area contributed by atoms with Gasteiger partial charge in [0.25, 0.3) is 5.91 Å². The van der Waals surface area contributed by atoms with Crippen molar-refractivity contribution >= 4 is 5.91 Å². The van der Waals surface area contributed by atoms with Gasteiger partial charge in [0.15, 0.2) is 0 Å². The van der Waals surface area contributed by atoms with Crippen molar-refractivity contribution in [2.75, 3.05) is 14.1 Å². The molecule has 19 heavy (non-hydrogen) atoms. The van der Waals surface area contributed by atoms with E-state index in [1.807, 2.05) is 30.3 Å². The average Bonchev–Trinajstić information content (AvgIpc) is 2.46. The minimum atomic E-state index is -0.116. The first-order valence-electron chi connectivity index (χ1n) is 6.01. The van der Waals surface area contributed by atoms with Gasteiger partial charge in [-0.25, -0.2) is 4.98 Å². The van der Waals surface area contributed by atoms with E-state index in [9.17, 15) is 4.79 Å². The number of ether oxygens (including phenoxy) is 1. The number of pyridine rings is 1. The van der Waals surface area contributed by atoms with Crippen molar-refractivity contribution in [3.8, 4) is 5.75 Å². The molecule has 0 saturated carbocycles. The maximum atomic E-state index is 11.7. The van der Waals surface area contributed by atoms with Crippen LogP contribution in [0.25, 0.3) is 0 Å². The van der Waals surface area contributed by atoms with Gasteiger partial charge in [-0.2, -0.15) is 0 Å². The molecule has 0 N–H and O–H groups in total. The third-order valence-corrected chi connectivity index (χ3v) is 2.61. The lowest BCUT2D eigenvalue weighted by molar-refractivity contribution is 0.0822. The predicted octanol–water partition coefficient (Wildman–Crippen LogP) is 2.36. The summed E-state index contributed by atoms with van der Waals surface area (Å²) < 4.78 is 5.60. The number of hydrogen-bond donors (Lipinski definition) is 0. The Bertz CT molecular complexity index is 536. The quantitative estimate of drug-likeness (QED) is 0.843. The van der Waals surface area contributed by atoms with Crippen LogP contribution in [0.15, 0.2) is 48.7 Å². The molecule has 4 nitrogen and oxygen atoms in total. The Morgan fingerprint density at radius 2 is 1.89 bits per heavy atom. The third-order valence-electron chi connectivity index (χ3n) is 2.61. The second-order valence-corrected chi connectivity index (χ2v) is 4.35. The van der Waals surface area contributed by atoms with Crippen molar-refractivity contribution in [3.05, 3.63) is 59.9 Å². The Kier molecular flexibility index (Phi) is 4.13. The summed E-state index contributed by atoms with van der Waals surface area (Å²) in [6, 6.07) is 13.3. The highest BCUT2D eigenvalue weighted by Gasteiger charge is 2.09. The van der Waals surface area contributed by atoms with Crippen LogP contribution in [0.4, 0.5) is 0 Å². The van der Waals surface area contributed by atoms with Crippen LogP contribution in [0.3, 0.4) is 0 Å². The van der Waals surface area contributed by atoms with Gasteiger partial charge in [-0.15, -0.1) is 0 Å². The summed E-state index contributed by atoms with van der Waals surface area (Å²) in [5, 5.41) is 0. The van der Waals surface area contributed by atoms with E-state index in [0.29, 0.717) is 18.1 Å². The predicted molar refractivity (Wildman–Crippen MR) is 73.0 cm³/mol. The van der Waals surface area contributed by atoms with Gasteiger partial charge in [0.2, 0.25) is 0 Å². The Labute approximate surface area is 112 Å². The van der Waals surface area contributed by atoms with E-state index < -0.39 is 0 Å². The van der Waals surface area contributed by atoms with E-state index in [4.69, 9.17) is 4.74 Å². The molecule has 0 spiro atoms. The van der Waals surface area contributed by atoms with E-state index in [1.165, 1.54) is 4.90 Å². The molecule has 1 amide bonds. The molecule has 0 aliphatic carbocycles. The minimum absolute atomic E-state index is 0.116. The fourth-order valence-electron chi connectivity index (χ4n) is 1.56. The molecule has 0 bridgehead atoms. The summed E-state index contributed by atoms with van der Waals surface area (Å²) >= 11 is 0. The zero-order valence-corrected chi connectivity index (χ0v) is 11.0. The van der Waals surface area contributed by atoms with Gasteiger partial charge in [-0.3, -0.25) is 4.79 Å². The SMILES string of the molecule is CN(C)C(=O)c1ccc(OCc2ccccc2)cn1. The molecule has 2 rings (SSSR count). The summed E-state index contributed by atoms with van der Waals surface area (Å²) in [6.45, 7) is 0.490. The molecular formula is C15H16N2O2. The standard InChI is InChI=1S/C15H16N2O2/c1-17(2)15(18)14-9-8-13(10-16-14)19-11-12-6-4-3-5-7-12/h3-10H,11H2,1-2H3. The highest BCUT2D eigenvalue weighted by Crippen LogP contribution is 2.12. The molecule has 1 aromatic carbocycles. The maximum Gasteiger partial charge on any atom is 0.271 e. The lowest BCUT2D eigenvalue weighted by Crippen LogP contribution is -2.22. The summed E-state index contributed by atoms with van der Waals surface area (Å²) in [7, 11) is 3.40. The number of benzene rings is 1. The Morgan fingerprint density at radius 3 is 2.47 bits per heavy atom. The van der Waals surface area contributed by atoms with Gasteiger partial charge < -0.3 is 9.64 Å². The Hall–Kier alpha value is -2.36. The first-order chi connectivity index (χ1) is 9.16. The Balaban J connectivity index is 1.98. The first kappa shape index (κ1) is 13.1. The van der Waals surface area contributed by atoms with Crippen molar-refractivity contribution in [3.63, 3.8) is 0 Å². The fourth-order valence-corrected chi connectivity index (χ4v) is 1.56. The van der Waals surface area contributed by atoms with Crippen LogP contribution in [0, 0.1) is 0 Å². The van der Waals surface area contributed by atoms with Crippen LogP contribution in [0.1, 0.15) is 16.1 Å². The number of nitrogens with zero attached hydrogens (tertiary/aromatic N) is 2. The molecule has 0 saturated heterocycles. The molecule has 2 aromatic rings. The topological polar surface area (TPSA) is 42.4 Å². The molecular weight excluding hydrogens is 240 g/mol. The second-order valence-electron chi connectivity index (χ2n) is 4.35. The second kappa shape index (κ2) is 6.00. The smallest absolute Gasteiger partial charge is 0.271 e. The van der Waals surface area contributed by atoms with Crippen molar-refractivity contribution in [1.82, 2.24) is 9.88 Å². The molecule has 1 heterocycles. The summed E-state index contributed by atoms with van der Waals surface area (Å²) in [6.07, 6.45) is 1.57. The van der Waals surface area contributed by atoms with E-state index >= 15 is 0 Å². The number of carbonyl (C=O) groups excluding carboxylic acids is 1. The number of hydrogen-bond acceptors (Lipinski definition) is 3. The number of amides is 1. The van der Waals surface area contributed by atoms with E-state index in [0.717, 1.165) is 5.56 Å². The van der Waals surface area contributed by atoms with Crippen molar-refractivity contribution in [1.29, 1.82) is 0 Å². The molecule has 98 valence electrons. The van der Waals surface area contributed by atoms with Crippen LogP contribution in [0.5, 0.6) is 5.75 Å². The van der Waals surface area contributed by atoms with Crippen molar-refractivity contribution in [2.24, 2.45) is 0 Å². The molecule has 0 radical (unpaired) electrons. The lowest BCUT2D eigenvalue weighted by atomic mass is 10.2. The largest absolute Gasteiger partial charge is 0.487 e. The van der Waals surface area contributed by atoms with Crippen molar-refractivity contribution in [2.45, 2.75) is 6.61 Å². The maximum absolute atomic E-state index is 11.7. The monoisotopic (exact) mass is 256 g/mol. The molecule has 0 fully saturated rings. The highest BCUT2D eigenvalue weighted by molar-refractivity contribution is 5.91. The zero-order chi connectivity index (χ0) is 13.7. The normalized spacial score (nSPS) is 10.0. The average molecular weight is 256 g/mol. The van der Waals surface area contributed by atoms with Gasteiger partial charge in [0, 0.05) is 14.1 Å². The van der Waals surface area contributed by atoms with Gasteiger partial charge in [-0.1, -0.05) is 30.3 Å². The molecule has 0 aliphatic heterocycles. The first-order valence-corrected chi connectivity index (χ1v) is 6.01. The number of rotatable bonds is 4. The zero-order valence-electron chi connectivity index (χ0n) is 11.0. The van der Waals surface area contributed by atoms with Gasteiger partial charge in [-0.05, 0) is 17.7 Å². The van der Waals surface area contributed by atoms with E-state index in [1.54, 1.807) is 32.4 Å². The molecule has 4 heteroatoms. The summed E-state index contributed by atoms with van der Waals surface area (Å²) in [5.41, 5.74) is 1.51. The van der Waals surface area contributed by atoms with E-state index in [2.05, 4.69) is 4.98 Å². The van der Waals surface area contributed by atoms with Gasteiger partial charge in [0.1, 0.15) is 18.1 Å². The summed E-state index contributed by atoms with van der Waals surface area (Å²) in [4.78, 5) is 17.2. The fraction of sp³-hybridized carbons (Fsp3) is 0.200. The molecule has 1 aromatic heterocycles. The van der Waals surface area contributed by atoms with Crippen LogP contribution < -0.4 is 4.74 Å². The minimum Gasteiger partial charge on any atom is -0.487 e. The lowest BCUT2D eigenvalue weighted by Gasteiger charge is -2.10. The molecule has 0 unspecified atom stereocenters. The van der Waals surface area contributed by atoms with E-state index in [-0.39, 0.29) is 5.91 Å². The van der Waals surface area contributed by atoms with Crippen LogP contribution in [-0.2, 0) is 6.61 Å². The van der Waals surface area contributed by atoms with Gasteiger partial charge >= 0.3 is 0 Å². The van der Waals surface area contributed by atoms with Crippen LogP contribution >= 0.6 is 0 Å². The van der Waals surface area contributed by atoms with Crippen LogP contribution in [0.2, 0.25) is 0 Å². The number of carbonyl (C=O) groups is 1. The third kappa shape index (κ3) is 3.55. The van der Waals surface area contributed by atoms with Gasteiger partial charge in [0.05, 0.1) is 6.20 Å². The highest BCUT2D eigenvalue weighted by atomic mass is 16.5.